The van der Waals surface area contributed by atoms with Gasteiger partial charge in [0.1, 0.15) is 0 Å². The Kier molecular flexibility index (Phi) is 20.5. The van der Waals surface area contributed by atoms with Gasteiger partial charge >= 0.3 is 0 Å². The molecule has 2 unspecified atom stereocenters. The third-order valence-corrected chi connectivity index (χ3v) is 5.53. The summed E-state index contributed by atoms with van der Waals surface area (Å²) >= 11 is 0. The molecule has 0 amide bonds. The first kappa shape index (κ1) is 25.6. The summed E-state index contributed by atoms with van der Waals surface area (Å²) < 4.78 is 0. The van der Waals surface area contributed by atoms with E-state index in [1.165, 1.54) is 89.9 Å². The van der Waals surface area contributed by atoms with E-state index in [-0.39, 0.29) is 0 Å². The first-order valence-corrected chi connectivity index (χ1v) is 11.7. The lowest BCUT2D eigenvalue weighted by molar-refractivity contribution is 0.437. The molecule has 0 heterocycles. The van der Waals surface area contributed by atoms with Crippen LogP contribution >= 0.6 is 0 Å². The van der Waals surface area contributed by atoms with Crippen molar-refractivity contribution >= 4 is 0 Å². The molecule has 0 aliphatic carbocycles. The van der Waals surface area contributed by atoms with Crippen molar-refractivity contribution in [3.05, 3.63) is 13.8 Å². The van der Waals surface area contributed by atoms with Gasteiger partial charge in [-0.25, -0.2) is 0 Å². The molecule has 2 radical (unpaired) electrons. The summed E-state index contributed by atoms with van der Waals surface area (Å²) in [6.07, 6.45) is 23.6. The van der Waals surface area contributed by atoms with Crippen molar-refractivity contribution in [2.24, 2.45) is 11.8 Å². The lowest BCUT2D eigenvalue weighted by Crippen LogP contribution is -1.94. The average molecular weight is 361 g/mol. The molecule has 0 spiro atoms. The van der Waals surface area contributed by atoms with Crippen LogP contribution in [0, 0.1) is 37.5 Å². The maximum Gasteiger partial charge on any atom is 0.00912 e. The summed E-state index contributed by atoms with van der Waals surface area (Å²) in [4.78, 5) is 0. The van der Waals surface area contributed by atoms with Crippen molar-refractivity contribution in [1.82, 2.24) is 0 Å². The molecule has 0 nitrogen and oxygen atoms in total. The Labute approximate surface area is 167 Å². The fourth-order valence-electron chi connectivity index (χ4n) is 3.57. The van der Waals surface area contributed by atoms with Crippen molar-refractivity contribution in [3.8, 4) is 11.8 Å². The summed E-state index contributed by atoms with van der Waals surface area (Å²) in [5.41, 5.74) is 0. The maximum atomic E-state index is 3.92. The highest BCUT2D eigenvalue weighted by atomic mass is 14.1. The summed E-state index contributed by atoms with van der Waals surface area (Å²) in [6.45, 7) is 12.6. The van der Waals surface area contributed by atoms with E-state index in [0.29, 0.717) is 0 Å². The topological polar surface area (TPSA) is 0 Å². The maximum absolute atomic E-state index is 3.92. The number of unbranched alkanes of at least 4 members (excludes halogenated alkanes) is 10. The van der Waals surface area contributed by atoms with Gasteiger partial charge in [0, 0.05) is 12.8 Å². The predicted octanol–water partition coefficient (Wildman–Crippen LogP) is 8.95. The highest BCUT2D eigenvalue weighted by molar-refractivity contribution is 4.98. The minimum Gasteiger partial charge on any atom is -0.103 e. The second kappa shape index (κ2) is 20.9. The fourth-order valence-corrected chi connectivity index (χ4v) is 3.57. The van der Waals surface area contributed by atoms with Crippen LogP contribution in [0.15, 0.2) is 0 Å². The largest absolute Gasteiger partial charge is 0.103 e. The van der Waals surface area contributed by atoms with Crippen molar-refractivity contribution < 1.29 is 0 Å². The van der Waals surface area contributed by atoms with Crippen LogP contribution in [0.1, 0.15) is 129 Å². The third kappa shape index (κ3) is 19.9. The van der Waals surface area contributed by atoms with Gasteiger partial charge in [0.25, 0.3) is 0 Å². The minimum atomic E-state index is 0.795. The Morgan fingerprint density at radius 3 is 1.62 bits per heavy atom. The van der Waals surface area contributed by atoms with Crippen LogP contribution in [0.3, 0.4) is 0 Å². The summed E-state index contributed by atoms with van der Waals surface area (Å²) in [5.74, 6) is 8.43. The summed E-state index contributed by atoms with van der Waals surface area (Å²) in [5, 5.41) is 0. The minimum absolute atomic E-state index is 0.795. The highest BCUT2D eigenvalue weighted by Crippen LogP contribution is 2.18. The second-order valence-electron chi connectivity index (χ2n) is 8.46. The average Bonchev–Trinajstić information content (AvgIpc) is 2.62. The van der Waals surface area contributed by atoms with Gasteiger partial charge in [-0.2, -0.15) is 0 Å². The lowest BCUT2D eigenvalue weighted by atomic mass is 9.96. The predicted molar refractivity (Wildman–Crippen MR) is 120 cm³/mol. The van der Waals surface area contributed by atoms with Crippen LogP contribution in [-0.4, -0.2) is 0 Å². The molecule has 0 aliphatic heterocycles. The van der Waals surface area contributed by atoms with Crippen molar-refractivity contribution in [2.75, 3.05) is 0 Å². The highest BCUT2D eigenvalue weighted by Gasteiger charge is 2.01. The molecular weight excluding hydrogens is 312 g/mol. The van der Waals surface area contributed by atoms with Gasteiger partial charge in [0.2, 0.25) is 0 Å². The molecule has 26 heavy (non-hydrogen) atoms. The summed E-state index contributed by atoms with van der Waals surface area (Å²) in [6, 6.07) is 0. The smallest absolute Gasteiger partial charge is 0.00912 e. The first-order chi connectivity index (χ1) is 12.7. The molecule has 0 heteroatoms. The molecule has 0 aromatic rings. The SMILES string of the molecule is [CH2]CCCCC(C)CCCCCCCCCCC#CCCC(C)CC[CH2]. The van der Waals surface area contributed by atoms with E-state index in [4.69, 9.17) is 0 Å². The Bertz CT molecular complexity index is 319. The van der Waals surface area contributed by atoms with Gasteiger partial charge < -0.3 is 0 Å². The molecule has 0 rings (SSSR count). The van der Waals surface area contributed by atoms with Crippen LogP contribution in [0.2, 0.25) is 0 Å². The Balaban J connectivity index is 3.22. The molecule has 0 aromatic heterocycles. The molecule has 0 aliphatic rings. The molecule has 152 valence electrons. The van der Waals surface area contributed by atoms with E-state index in [1.807, 2.05) is 0 Å². The fraction of sp³-hybridized carbons (Fsp3) is 0.846. The van der Waals surface area contributed by atoms with E-state index >= 15 is 0 Å². The van der Waals surface area contributed by atoms with Crippen LogP contribution in [0.25, 0.3) is 0 Å². The molecule has 0 saturated carbocycles. The first-order valence-electron chi connectivity index (χ1n) is 11.7. The van der Waals surface area contributed by atoms with Gasteiger partial charge in [-0.05, 0) is 24.7 Å². The van der Waals surface area contributed by atoms with Gasteiger partial charge in [-0.1, -0.05) is 118 Å². The number of hydrogen-bond acceptors (Lipinski definition) is 0. The van der Waals surface area contributed by atoms with Gasteiger partial charge in [0.15, 0.2) is 0 Å². The molecule has 2 atom stereocenters. The normalized spacial score (nSPS) is 13.2. The zero-order valence-corrected chi connectivity index (χ0v) is 18.3. The van der Waals surface area contributed by atoms with Crippen molar-refractivity contribution in [3.63, 3.8) is 0 Å². The van der Waals surface area contributed by atoms with Crippen molar-refractivity contribution in [1.29, 1.82) is 0 Å². The van der Waals surface area contributed by atoms with E-state index in [1.54, 1.807) is 0 Å². The molecule has 0 N–H and O–H groups in total. The quantitative estimate of drug-likeness (QED) is 0.169. The van der Waals surface area contributed by atoms with E-state index in [0.717, 1.165) is 37.5 Å². The van der Waals surface area contributed by atoms with Gasteiger partial charge in [-0.3, -0.25) is 0 Å². The molecule has 0 bridgehead atoms. The van der Waals surface area contributed by atoms with Gasteiger partial charge in [-0.15, -0.1) is 11.8 Å². The zero-order chi connectivity index (χ0) is 19.3. The summed E-state index contributed by atoms with van der Waals surface area (Å²) in [7, 11) is 0. The third-order valence-electron chi connectivity index (χ3n) is 5.53. The molecular formula is C26H48. The van der Waals surface area contributed by atoms with Crippen LogP contribution in [0.5, 0.6) is 0 Å². The van der Waals surface area contributed by atoms with E-state index in [9.17, 15) is 0 Å². The standard InChI is InChI=1S/C26H48/c1-5-7-18-22-26(4)24-20-17-15-13-11-9-8-10-12-14-16-19-23-25(3)21-6-2/h25-26H,1-2,5-13,15,17-24H2,3-4H3. The zero-order valence-electron chi connectivity index (χ0n) is 18.3. The Morgan fingerprint density at radius 2 is 1.00 bits per heavy atom. The molecule has 0 fully saturated rings. The van der Waals surface area contributed by atoms with Crippen LogP contribution in [-0.2, 0) is 0 Å². The lowest BCUT2D eigenvalue weighted by Gasteiger charge is -2.10. The number of rotatable bonds is 18. The van der Waals surface area contributed by atoms with Gasteiger partial charge in [0.05, 0.1) is 0 Å². The number of hydrogen-bond donors (Lipinski definition) is 0. The van der Waals surface area contributed by atoms with E-state index in [2.05, 4.69) is 39.5 Å². The van der Waals surface area contributed by atoms with Crippen LogP contribution < -0.4 is 0 Å². The van der Waals surface area contributed by atoms with Crippen molar-refractivity contribution in [2.45, 2.75) is 129 Å². The van der Waals surface area contributed by atoms with E-state index < -0.39 is 0 Å². The molecule has 0 aromatic carbocycles. The monoisotopic (exact) mass is 360 g/mol. The molecule has 0 saturated heterocycles. The Hall–Kier alpha value is -0.440. The Morgan fingerprint density at radius 1 is 0.500 bits per heavy atom. The van der Waals surface area contributed by atoms with Crippen LogP contribution in [0.4, 0.5) is 0 Å². The second-order valence-corrected chi connectivity index (χ2v) is 8.46.